The van der Waals surface area contributed by atoms with E-state index in [9.17, 15) is 26.3 Å². The molecular weight excluding hydrogens is 254 g/mol. The highest BCUT2D eigenvalue weighted by Crippen LogP contribution is 2.49. The molecule has 0 aliphatic rings. The van der Waals surface area contributed by atoms with Crippen LogP contribution in [0.2, 0.25) is 0 Å². The fourth-order valence-electron chi connectivity index (χ4n) is 1.07. The zero-order chi connectivity index (χ0) is 13.5. The number of nitrogens with two attached hydrogens (primary N) is 1. The molecular formula is C8H6F6N2O. The molecule has 0 saturated carbocycles. The first-order valence-corrected chi connectivity index (χ1v) is 4.08. The van der Waals surface area contributed by atoms with Crippen LogP contribution in [0.5, 0.6) is 0 Å². The van der Waals surface area contributed by atoms with Gasteiger partial charge in [-0.1, -0.05) is 0 Å². The lowest BCUT2D eigenvalue weighted by Gasteiger charge is -2.31. The Balaban J connectivity index is 3.41. The van der Waals surface area contributed by atoms with Gasteiger partial charge in [0.15, 0.2) is 0 Å². The van der Waals surface area contributed by atoms with Gasteiger partial charge in [-0.25, -0.2) is 0 Å². The van der Waals surface area contributed by atoms with Crippen LogP contribution < -0.4 is 5.73 Å². The van der Waals surface area contributed by atoms with E-state index in [2.05, 4.69) is 4.98 Å². The quantitative estimate of drug-likeness (QED) is 0.759. The summed E-state index contributed by atoms with van der Waals surface area (Å²) in [5.41, 5.74) is -1.63. The zero-order valence-corrected chi connectivity index (χ0v) is 7.97. The number of nitrogens with zero attached hydrogens (tertiary/aromatic N) is 1. The molecule has 1 heterocycles. The lowest BCUT2D eigenvalue weighted by molar-refractivity contribution is -0.377. The standard InChI is InChI=1S/C8H6F6N2O/c9-7(10,11)6(17,8(12,13)14)5-2-1-4(15)3-16-5/h1-3,17H,15H2. The van der Waals surface area contributed by atoms with E-state index in [-0.39, 0.29) is 5.69 Å². The largest absolute Gasteiger partial charge is 0.432 e. The maximum atomic E-state index is 12.3. The molecule has 0 bridgehead atoms. The van der Waals surface area contributed by atoms with E-state index in [0.717, 1.165) is 6.07 Å². The predicted molar refractivity (Wildman–Crippen MR) is 44.7 cm³/mol. The van der Waals surface area contributed by atoms with Crippen molar-refractivity contribution in [1.29, 1.82) is 0 Å². The van der Waals surface area contributed by atoms with Gasteiger partial charge < -0.3 is 10.8 Å². The van der Waals surface area contributed by atoms with E-state index in [4.69, 9.17) is 10.8 Å². The van der Waals surface area contributed by atoms with E-state index in [1.54, 1.807) is 0 Å². The molecule has 0 fully saturated rings. The lowest BCUT2D eigenvalue weighted by atomic mass is 9.97. The van der Waals surface area contributed by atoms with Crippen LogP contribution in [0.3, 0.4) is 0 Å². The van der Waals surface area contributed by atoms with Gasteiger partial charge in [0.2, 0.25) is 0 Å². The first-order chi connectivity index (χ1) is 7.50. The van der Waals surface area contributed by atoms with Crippen molar-refractivity contribution < 1.29 is 31.4 Å². The third-order valence-electron chi connectivity index (χ3n) is 1.98. The third kappa shape index (κ3) is 2.14. The molecule has 0 aromatic carbocycles. The van der Waals surface area contributed by atoms with Crippen molar-refractivity contribution in [2.24, 2.45) is 0 Å². The predicted octanol–water partition coefficient (Wildman–Crippen LogP) is 1.98. The topological polar surface area (TPSA) is 59.1 Å². The number of alkyl halides is 6. The third-order valence-corrected chi connectivity index (χ3v) is 1.98. The van der Waals surface area contributed by atoms with Crippen LogP contribution in [0.4, 0.5) is 32.0 Å². The molecule has 3 N–H and O–H groups in total. The molecule has 9 heteroatoms. The highest BCUT2D eigenvalue weighted by atomic mass is 19.4. The molecule has 1 rings (SSSR count). The van der Waals surface area contributed by atoms with Crippen molar-refractivity contribution in [2.75, 3.05) is 5.73 Å². The molecule has 96 valence electrons. The molecule has 0 aliphatic carbocycles. The van der Waals surface area contributed by atoms with Crippen molar-refractivity contribution in [3.8, 4) is 0 Å². The van der Waals surface area contributed by atoms with Crippen LogP contribution in [0, 0.1) is 0 Å². The summed E-state index contributed by atoms with van der Waals surface area (Å²) >= 11 is 0. The highest BCUT2D eigenvalue weighted by Gasteiger charge is 2.72. The highest BCUT2D eigenvalue weighted by molar-refractivity contribution is 5.36. The van der Waals surface area contributed by atoms with Crippen molar-refractivity contribution in [3.05, 3.63) is 24.0 Å². The van der Waals surface area contributed by atoms with Crippen LogP contribution in [0.1, 0.15) is 5.69 Å². The van der Waals surface area contributed by atoms with Gasteiger partial charge in [-0.05, 0) is 12.1 Å². The van der Waals surface area contributed by atoms with Gasteiger partial charge in [-0.2, -0.15) is 26.3 Å². The van der Waals surface area contributed by atoms with E-state index >= 15 is 0 Å². The summed E-state index contributed by atoms with van der Waals surface area (Å²) in [6.45, 7) is 0. The Morgan fingerprint density at radius 1 is 1.00 bits per heavy atom. The molecule has 0 spiro atoms. The van der Waals surface area contributed by atoms with Crippen LogP contribution in [0.15, 0.2) is 18.3 Å². The Morgan fingerprint density at radius 2 is 1.47 bits per heavy atom. The van der Waals surface area contributed by atoms with E-state index in [1.807, 2.05) is 0 Å². The Kier molecular flexibility index (Phi) is 3.00. The van der Waals surface area contributed by atoms with Gasteiger partial charge in [0, 0.05) is 0 Å². The average Bonchev–Trinajstić information content (AvgIpc) is 2.14. The Hall–Kier alpha value is -1.51. The van der Waals surface area contributed by atoms with Gasteiger partial charge in [0.25, 0.3) is 5.60 Å². The lowest BCUT2D eigenvalue weighted by Crippen LogP contribution is -2.54. The number of nitrogen functional groups attached to an aromatic ring is 1. The summed E-state index contributed by atoms with van der Waals surface area (Å²) in [6, 6.07) is 1.15. The van der Waals surface area contributed by atoms with Crippen molar-refractivity contribution >= 4 is 5.69 Å². The second-order valence-corrected chi connectivity index (χ2v) is 3.18. The van der Waals surface area contributed by atoms with Gasteiger partial charge in [-0.3, -0.25) is 4.98 Å². The number of hydrogen-bond donors (Lipinski definition) is 2. The summed E-state index contributed by atoms with van der Waals surface area (Å²) in [4.78, 5) is 2.87. The van der Waals surface area contributed by atoms with Gasteiger partial charge in [-0.15, -0.1) is 0 Å². The fourth-order valence-corrected chi connectivity index (χ4v) is 1.07. The summed E-state index contributed by atoms with van der Waals surface area (Å²) in [5.74, 6) is 0. The van der Waals surface area contributed by atoms with E-state index in [0.29, 0.717) is 12.3 Å². The molecule has 0 aliphatic heterocycles. The molecule has 0 saturated heterocycles. The fraction of sp³-hybridized carbons (Fsp3) is 0.375. The van der Waals surface area contributed by atoms with Crippen molar-refractivity contribution in [2.45, 2.75) is 18.0 Å². The minimum atomic E-state index is -5.94. The normalized spacial score (nSPS) is 13.8. The second-order valence-electron chi connectivity index (χ2n) is 3.18. The summed E-state index contributed by atoms with van der Waals surface area (Å²) in [5, 5.41) is 8.89. The van der Waals surface area contributed by atoms with Crippen molar-refractivity contribution in [1.82, 2.24) is 4.98 Å². The van der Waals surface area contributed by atoms with Crippen LogP contribution >= 0.6 is 0 Å². The summed E-state index contributed by atoms with van der Waals surface area (Å²) in [7, 11) is 0. The molecule has 1 aromatic rings. The van der Waals surface area contributed by atoms with Crippen LogP contribution in [0.25, 0.3) is 0 Å². The van der Waals surface area contributed by atoms with Crippen LogP contribution in [-0.2, 0) is 5.60 Å². The Bertz CT molecular complexity index is 382. The first kappa shape index (κ1) is 13.6. The Labute approximate surface area is 90.9 Å². The zero-order valence-electron chi connectivity index (χ0n) is 7.97. The van der Waals surface area contributed by atoms with E-state index < -0.39 is 23.6 Å². The van der Waals surface area contributed by atoms with E-state index in [1.165, 1.54) is 0 Å². The number of anilines is 1. The Morgan fingerprint density at radius 3 is 1.76 bits per heavy atom. The van der Waals surface area contributed by atoms with Gasteiger partial charge in [0.05, 0.1) is 17.6 Å². The number of aromatic nitrogens is 1. The average molecular weight is 260 g/mol. The van der Waals surface area contributed by atoms with Crippen molar-refractivity contribution in [3.63, 3.8) is 0 Å². The number of pyridine rings is 1. The molecule has 1 aromatic heterocycles. The smallest absolute Gasteiger partial charge is 0.397 e. The number of hydrogen-bond acceptors (Lipinski definition) is 3. The molecule has 17 heavy (non-hydrogen) atoms. The maximum absolute atomic E-state index is 12.3. The summed E-state index contributed by atoms with van der Waals surface area (Å²) in [6.07, 6.45) is -11.3. The monoisotopic (exact) mass is 260 g/mol. The van der Waals surface area contributed by atoms with Crippen LogP contribution in [-0.4, -0.2) is 22.4 Å². The number of rotatable bonds is 1. The number of halogens is 6. The van der Waals surface area contributed by atoms with Gasteiger partial charge >= 0.3 is 12.4 Å². The molecule has 0 unspecified atom stereocenters. The van der Waals surface area contributed by atoms with Gasteiger partial charge in [0.1, 0.15) is 0 Å². The molecule has 3 nitrogen and oxygen atoms in total. The maximum Gasteiger partial charge on any atom is 0.432 e. The number of aliphatic hydroxyl groups is 1. The minimum Gasteiger partial charge on any atom is -0.397 e. The first-order valence-electron chi connectivity index (χ1n) is 4.08. The minimum absolute atomic E-state index is 0.125. The SMILES string of the molecule is Nc1ccc(C(O)(C(F)(F)F)C(F)(F)F)nc1. The second kappa shape index (κ2) is 3.76. The molecule has 0 atom stereocenters. The molecule has 0 radical (unpaired) electrons. The summed E-state index contributed by atoms with van der Waals surface area (Å²) < 4.78 is 74.1. The molecule has 0 amide bonds.